The Morgan fingerprint density at radius 1 is 1.32 bits per heavy atom. The van der Waals surface area contributed by atoms with Gasteiger partial charge in [-0.05, 0) is 33.1 Å². The Morgan fingerprint density at radius 3 is 3.00 bits per heavy atom. The molecule has 0 N–H and O–H groups in total. The highest BCUT2D eigenvalue weighted by atomic mass is 16.5. The van der Waals surface area contributed by atoms with Crippen molar-refractivity contribution in [3.63, 3.8) is 0 Å². The molecular formula is C18H28N4O3. The van der Waals surface area contributed by atoms with Crippen LogP contribution in [-0.2, 0) is 9.53 Å². The molecule has 1 aromatic rings. The maximum absolute atomic E-state index is 12.9. The lowest BCUT2D eigenvalue weighted by Crippen LogP contribution is -2.44. The van der Waals surface area contributed by atoms with Gasteiger partial charge in [-0.2, -0.15) is 4.98 Å². The zero-order valence-corrected chi connectivity index (χ0v) is 15.2. The fourth-order valence-electron chi connectivity index (χ4n) is 3.53. The van der Waals surface area contributed by atoms with Gasteiger partial charge in [0.2, 0.25) is 17.7 Å². The van der Waals surface area contributed by atoms with E-state index in [9.17, 15) is 4.79 Å². The number of hydrogen-bond acceptors (Lipinski definition) is 6. The number of rotatable bonds is 4. The number of ether oxygens (including phenoxy) is 2. The summed E-state index contributed by atoms with van der Waals surface area (Å²) in [6.07, 6.45) is 4.56. The first-order chi connectivity index (χ1) is 12.2. The molecule has 3 heterocycles. The average Bonchev–Trinajstić information content (AvgIpc) is 2.88. The molecule has 0 aliphatic carbocycles. The Kier molecular flexibility index (Phi) is 6.07. The fourth-order valence-corrected chi connectivity index (χ4v) is 3.53. The third-order valence-corrected chi connectivity index (χ3v) is 4.92. The Morgan fingerprint density at radius 2 is 2.20 bits per heavy atom. The van der Waals surface area contributed by atoms with Crippen molar-refractivity contribution in [1.82, 2.24) is 14.9 Å². The highest BCUT2D eigenvalue weighted by Gasteiger charge is 2.32. The van der Waals surface area contributed by atoms with E-state index in [-0.39, 0.29) is 17.9 Å². The molecule has 0 aromatic carbocycles. The standard InChI is InChI=1S/C18H28N4O3/c1-3-24-16-7-8-19-18(20-16)22-10-5-9-21(11-12-22)17(23)15-6-4-13-25-14(15)2/h7-8,14-15H,3-6,9-13H2,1-2H3/t14-,15+/m0/s1. The first kappa shape index (κ1) is 17.9. The number of anilines is 1. The Hall–Kier alpha value is -1.89. The zero-order chi connectivity index (χ0) is 17.6. The summed E-state index contributed by atoms with van der Waals surface area (Å²) < 4.78 is 11.1. The van der Waals surface area contributed by atoms with Gasteiger partial charge in [-0.25, -0.2) is 4.98 Å². The highest BCUT2D eigenvalue weighted by molar-refractivity contribution is 5.79. The van der Waals surface area contributed by atoms with Crippen molar-refractivity contribution in [3.05, 3.63) is 12.3 Å². The Bertz CT molecular complexity index is 583. The summed E-state index contributed by atoms with van der Waals surface area (Å²) in [6.45, 7) is 8.37. The van der Waals surface area contributed by atoms with Crippen LogP contribution in [0.2, 0.25) is 0 Å². The van der Waals surface area contributed by atoms with Crippen LogP contribution in [0.3, 0.4) is 0 Å². The summed E-state index contributed by atoms with van der Waals surface area (Å²) >= 11 is 0. The minimum Gasteiger partial charge on any atom is -0.478 e. The molecule has 2 saturated heterocycles. The second-order valence-electron chi connectivity index (χ2n) is 6.62. The third kappa shape index (κ3) is 4.39. The maximum atomic E-state index is 12.9. The van der Waals surface area contributed by atoms with Crippen LogP contribution in [0.5, 0.6) is 5.88 Å². The molecule has 7 nitrogen and oxygen atoms in total. The summed E-state index contributed by atoms with van der Waals surface area (Å²) in [6, 6.07) is 1.77. The predicted octanol–water partition coefficient (Wildman–Crippen LogP) is 1.73. The molecule has 7 heteroatoms. The molecule has 0 unspecified atom stereocenters. The number of amides is 1. The highest BCUT2D eigenvalue weighted by Crippen LogP contribution is 2.24. The predicted molar refractivity (Wildman–Crippen MR) is 94.7 cm³/mol. The number of nitrogens with zero attached hydrogens (tertiary/aromatic N) is 4. The van der Waals surface area contributed by atoms with Gasteiger partial charge in [0, 0.05) is 45.0 Å². The van der Waals surface area contributed by atoms with Crippen molar-refractivity contribution in [1.29, 1.82) is 0 Å². The molecule has 1 aromatic heterocycles. The third-order valence-electron chi connectivity index (χ3n) is 4.92. The molecule has 2 aliphatic rings. The van der Waals surface area contributed by atoms with E-state index in [0.717, 1.165) is 45.5 Å². The van der Waals surface area contributed by atoms with Gasteiger partial charge in [-0.15, -0.1) is 0 Å². The lowest BCUT2D eigenvalue weighted by atomic mass is 9.94. The van der Waals surface area contributed by atoms with Crippen molar-refractivity contribution in [2.45, 2.75) is 39.2 Å². The van der Waals surface area contributed by atoms with Crippen LogP contribution in [0.15, 0.2) is 12.3 Å². The Labute approximate surface area is 149 Å². The minimum absolute atomic E-state index is 0.00201. The molecule has 2 aliphatic heterocycles. The lowest BCUT2D eigenvalue weighted by molar-refractivity contribution is -0.143. The molecule has 2 atom stereocenters. The number of hydrogen-bond donors (Lipinski definition) is 0. The van der Waals surface area contributed by atoms with Gasteiger partial charge in [-0.1, -0.05) is 0 Å². The molecule has 0 saturated carbocycles. The van der Waals surface area contributed by atoms with Gasteiger partial charge < -0.3 is 19.3 Å². The molecule has 0 radical (unpaired) electrons. The van der Waals surface area contributed by atoms with Crippen molar-refractivity contribution in [3.8, 4) is 5.88 Å². The normalized spacial score (nSPS) is 24.7. The van der Waals surface area contributed by atoms with Gasteiger partial charge in [-0.3, -0.25) is 4.79 Å². The number of carbonyl (C=O) groups excluding carboxylic acids is 1. The molecule has 25 heavy (non-hydrogen) atoms. The maximum Gasteiger partial charge on any atom is 0.228 e. The lowest BCUT2D eigenvalue weighted by Gasteiger charge is -2.32. The van der Waals surface area contributed by atoms with Gasteiger partial charge in [0.05, 0.1) is 18.6 Å². The van der Waals surface area contributed by atoms with Crippen molar-refractivity contribution in [2.75, 3.05) is 44.3 Å². The van der Waals surface area contributed by atoms with E-state index in [2.05, 4.69) is 14.9 Å². The van der Waals surface area contributed by atoms with Crippen molar-refractivity contribution >= 4 is 11.9 Å². The van der Waals surface area contributed by atoms with Crippen LogP contribution in [0.4, 0.5) is 5.95 Å². The smallest absolute Gasteiger partial charge is 0.228 e. The van der Waals surface area contributed by atoms with Crippen LogP contribution < -0.4 is 9.64 Å². The summed E-state index contributed by atoms with van der Waals surface area (Å²) in [7, 11) is 0. The second-order valence-corrected chi connectivity index (χ2v) is 6.62. The number of carbonyl (C=O) groups is 1. The van der Waals surface area contributed by atoms with Gasteiger partial charge in [0.15, 0.2) is 0 Å². The monoisotopic (exact) mass is 348 g/mol. The van der Waals surface area contributed by atoms with Crippen molar-refractivity contribution in [2.24, 2.45) is 5.92 Å². The summed E-state index contributed by atoms with van der Waals surface area (Å²) in [4.78, 5) is 25.8. The molecule has 1 amide bonds. The first-order valence-corrected chi connectivity index (χ1v) is 9.30. The van der Waals surface area contributed by atoms with Gasteiger partial charge >= 0.3 is 0 Å². The van der Waals surface area contributed by atoms with Crippen LogP contribution >= 0.6 is 0 Å². The van der Waals surface area contributed by atoms with E-state index >= 15 is 0 Å². The van der Waals surface area contributed by atoms with E-state index in [1.807, 2.05) is 18.7 Å². The van der Waals surface area contributed by atoms with E-state index in [4.69, 9.17) is 9.47 Å². The summed E-state index contributed by atoms with van der Waals surface area (Å²) in [5.74, 6) is 1.50. The Balaban J connectivity index is 1.62. The quantitative estimate of drug-likeness (QED) is 0.825. The molecular weight excluding hydrogens is 320 g/mol. The first-order valence-electron chi connectivity index (χ1n) is 9.30. The van der Waals surface area contributed by atoms with E-state index in [1.165, 1.54) is 0 Å². The largest absolute Gasteiger partial charge is 0.478 e. The van der Waals surface area contributed by atoms with E-state index in [1.54, 1.807) is 12.3 Å². The molecule has 0 spiro atoms. The molecule has 3 rings (SSSR count). The number of aromatic nitrogens is 2. The zero-order valence-electron chi connectivity index (χ0n) is 15.2. The molecule has 0 bridgehead atoms. The second kappa shape index (κ2) is 8.47. The van der Waals surface area contributed by atoms with Gasteiger partial charge in [0.1, 0.15) is 0 Å². The van der Waals surface area contributed by atoms with E-state index < -0.39 is 0 Å². The van der Waals surface area contributed by atoms with E-state index in [0.29, 0.717) is 25.0 Å². The minimum atomic E-state index is -0.00201. The molecule has 2 fully saturated rings. The summed E-state index contributed by atoms with van der Waals surface area (Å²) in [5.41, 5.74) is 0. The summed E-state index contributed by atoms with van der Waals surface area (Å²) in [5, 5.41) is 0. The molecule has 138 valence electrons. The van der Waals surface area contributed by atoms with Gasteiger partial charge in [0.25, 0.3) is 0 Å². The van der Waals surface area contributed by atoms with Crippen LogP contribution in [0.25, 0.3) is 0 Å². The SMILES string of the molecule is CCOc1ccnc(N2CCCN(C(=O)[C@@H]3CCCO[C@H]3C)CC2)n1. The van der Waals surface area contributed by atoms with Crippen LogP contribution in [-0.4, -0.2) is 66.3 Å². The van der Waals surface area contributed by atoms with Crippen LogP contribution in [0, 0.1) is 5.92 Å². The fraction of sp³-hybridized carbons (Fsp3) is 0.722. The van der Waals surface area contributed by atoms with Crippen LogP contribution in [0.1, 0.15) is 33.1 Å². The van der Waals surface area contributed by atoms with Crippen molar-refractivity contribution < 1.29 is 14.3 Å². The average molecular weight is 348 g/mol. The topological polar surface area (TPSA) is 67.8 Å².